The van der Waals surface area contributed by atoms with Crippen molar-refractivity contribution in [3.63, 3.8) is 0 Å². The number of nitrogens with zero attached hydrogens (tertiary/aromatic N) is 4. The molecule has 3 aromatic carbocycles. The van der Waals surface area contributed by atoms with Crippen LogP contribution in [0.2, 0.25) is 0 Å². The van der Waals surface area contributed by atoms with Gasteiger partial charge >= 0.3 is 0 Å². The zero-order chi connectivity index (χ0) is 26.6. The molecule has 2 aliphatic heterocycles. The summed E-state index contributed by atoms with van der Waals surface area (Å²) in [6.45, 7) is 0. The third kappa shape index (κ3) is 5.47. The first kappa shape index (κ1) is 25.7. The molecule has 2 atom stereocenters. The smallest absolute Gasteiger partial charge is 0.242 e. The molecule has 38 heavy (non-hydrogen) atoms. The van der Waals surface area contributed by atoms with Crippen molar-refractivity contribution in [2.45, 2.75) is 24.9 Å². The molecule has 0 bridgehead atoms. The van der Waals surface area contributed by atoms with E-state index < -0.39 is 41.3 Å². The fourth-order valence-electron chi connectivity index (χ4n) is 4.24. The Hall–Kier alpha value is -3.99. The molecular weight excluding hydrogens is 518 g/mol. The highest BCUT2D eigenvalue weighted by Crippen LogP contribution is 2.39. The van der Waals surface area contributed by atoms with Crippen molar-refractivity contribution < 1.29 is 22.4 Å². The van der Waals surface area contributed by atoms with E-state index in [4.69, 9.17) is 0 Å². The third-order valence-electron chi connectivity index (χ3n) is 6.05. The molecule has 0 saturated carbocycles. The zero-order valence-electron chi connectivity index (χ0n) is 19.8. The number of hydrazone groups is 2. The van der Waals surface area contributed by atoms with Gasteiger partial charge in [-0.2, -0.15) is 10.2 Å². The number of rotatable bonds is 6. The Balaban J connectivity index is 1.32. The number of halogens is 4. The SMILES string of the molecule is O=C(CC1CSC(N2N=C(c3ccccc3)CC2c2c(F)cccc2F)=N1)N/N=C/c1c(F)cccc1F. The number of hydrogen-bond donors (Lipinski definition) is 1. The van der Waals surface area contributed by atoms with E-state index in [1.807, 2.05) is 30.3 Å². The Kier molecular flexibility index (Phi) is 7.54. The minimum absolute atomic E-state index is 0.0462. The minimum atomic E-state index is -0.800. The van der Waals surface area contributed by atoms with Gasteiger partial charge in [0.15, 0.2) is 5.17 Å². The van der Waals surface area contributed by atoms with Crippen LogP contribution in [-0.4, -0.2) is 39.8 Å². The van der Waals surface area contributed by atoms with Crippen LogP contribution in [0, 0.1) is 23.3 Å². The molecule has 3 aromatic rings. The monoisotopic (exact) mass is 539 g/mol. The lowest BCUT2D eigenvalue weighted by atomic mass is 9.98. The summed E-state index contributed by atoms with van der Waals surface area (Å²) in [4.78, 5) is 17.0. The summed E-state index contributed by atoms with van der Waals surface area (Å²) >= 11 is 1.33. The maximum Gasteiger partial charge on any atom is 0.242 e. The van der Waals surface area contributed by atoms with Gasteiger partial charge in [0.25, 0.3) is 0 Å². The van der Waals surface area contributed by atoms with E-state index in [1.165, 1.54) is 41.0 Å². The predicted octanol–water partition coefficient (Wildman–Crippen LogP) is 5.41. The van der Waals surface area contributed by atoms with Gasteiger partial charge < -0.3 is 0 Å². The van der Waals surface area contributed by atoms with E-state index >= 15 is 0 Å². The Morgan fingerprint density at radius 2 is 1.63 bits per heavy atom. The first-order valence-corrected chi connectivity index (χ1v) is 12.7. The predicted molar refractivity (Wildman–Crippen MR) is 139 cm³/mol. The van der Waals surface area contributed by atoms with E-state index in [0.717, 1.165) is 23.9 Å². The molecule has 2 unspecified atom stereocenters. The molecule has 6 nitrogen and oxygen atoms in total. The number of amides is 1. The number of amidine groups is 1. The number of benzene rings is 3. The van der Waals surface area contributed by atoms with Gasteiger partial charge in [-0.3, -0.25) is 9.79 Å². The molecular formula is C27H21F4N5OS. The highest BCUT2D eigenvalue weighted by atomic mass is 32.2. The fourth-order valence-corrected chi connectivity index (χ4v) is 5.30. The van der Waals surface area contributed by atoms with Crippen LogP contribution in [0.25, 0.3) is 0 Å². The van der Waals surface area contributed by atoms with Crippen molar-refractivity contribution in [3.05, 3.63) is 107 Å². The molecule has 194 valence electrons. The summed E-state index contributed by atoms with van der Waals surface area (Å²) < 4.78 is 56.9. The summed E-state index contributed by atoms with van der Waals surface area (Å²) in [7, 11) is 0. The topological polar surface area (TPSA) is 69.4 Å². The second-order valence-corrected chi connectivity index (χ2v) is 9.61. The molecule has 1 amide bonds. The Morgan fingerprint density at radius 3 is 2.32 bits per heavy atom. The number of nitrogens with one attached hydrogen (secondary N) is 1. The normalized spacial score (nSPS) is 19.1. The lowest BCUT2D eigenvalue weighted by Crippen LogP contribution is -2.26. The minimum Gasteiger partial charge on any atom is -0.273 e. The van der Waals surface area contributed by atoms with E-state index in [0.29, 0.717) is 16.6 Å². The Morgan fingerprint density at radius 1 is 0.974 bits per heavy atom. The van der Waals surface area contributed by atoms with Crippen LogP contribution in [-0.2, 0) is 4.79 Å². The lowest BCUT2D eigenvalue weighted by molar-refractivity contribution is -0.121. The van der Waals surface area contributed by atoms with Gasteiger partial charge in [-0.25, -0.2) is 28.0 Å². The lowest BCUT2D eigenvalue weighted by Gasteiger charge is -2.23. The average Bonchev–Trinajstić information content (AvgIpc) is 3.54. The molecule has 0 aliphatic carbocycles. The number of carbonyl (C=O) groups excluding carboxylic acids is 1. The van der Waals surface area contributed by atoms with Gasteiger partial charge in [0.05, 0.1) is 36.0 Å². The van der Waals surface area contributed by atoms with Crippen LogP contribution >= 0.6 is 11.8 Å². The summed E-state index contributed by atoms with van der Waals surface area (Å²) in [6, 6.07) is 15.3. The molecule has 0 radical (unpaired) electrons. The number of carbonyl (C=O) groups is 1. The van der Waals surface area contributed by atoms with Crippen molar-refractivity contribution in [1.29, 1.82) is 0 Å². The van der Waals surface area contributed by atoms with E-state index in [1.54, 1.807) is 0 Å². The van der Waals surface area contributed by atoms with Crippen molar-refractivity contribution in [2.24, 2.45) is 15.2 Å². The standard InChI is InChI=1S/C27H21F4N5OS/c28-19-8-4-9-20(29)18(19)14-32-34-25(37)12-17-15-38-27(33-17)36-24(26-21(30)10-5-11-22(26)31)13-23(35-36)16-6-2-1-3-7-16/h1-11,14,17,24H,12-13,15H2,(H,34,37)/b32-14+. The number of hydrogen-bond acceptors (Lipinski definition) is 6. The van der Waals surface area contributed by atoms with Crippen LogP contribution in [0.5, 0.6) is 0 Å². The highest BCUT2D eigenvalue weighted by molar-refractivity contribution is 8.14. The van der Waals surface area contributed by atoms with Gasteiger partial charge in [-0.1, -0.05) is 54.2 Å². The molecule has 0 spiro atoms. The Labute approximate surface area is 220 Å². The van der Waals surface area contributed by atoms with Crippen LogP contribution in [0.15, 0.2) is 81.9 Å². The fraction of sp³-hybridized carbons (Fsp3) is 0.185. The first-order valence-electron chi connectivity index (χ1n) is 11.7. The summed E-state index contributed by atoms with van der Waals surface area (Å²) in [6.07, 6.45) is 1.13. The van der Waals surface area contributed by atoms with Gasteiger partial charge in [-0.05, 0) is 29.8 Å². The zero-order valence-corrected chi connectivity index (χ0v) is 20.6. The quantitative estimate of drug-likeness (QED) is 0.259. The third-order valence-corrected chi connectivity index (χ3v) is 7.15. The Bertz CT molecular complexity index is 1410. The first-order chi connectivity index (χ1) is 18.4. The van der Waals surface area contributed by atoms with Crippen LogP contribution in [0.1, 0.15) is 35.6 Å². The molecule has 11 heteroatoms. The molecule has 0 saturated heterocycles. The van der Waals surface area contributed by atoms with Crippen molar-refractivity contribution >= 4 is 34.8 Å². The summed E-state index contributed by atoms with van der Waals surface area (Å²) in [5.41, 5.74) is 3.29. The molecule has 0 fully saturated rings. The summed E-state index contributed by atoms with van der Waals surface area (Å²) in [5.74, 6) is -3.01. The van der Waals surface area contributed by atoms with Crippen LogP contribution in [0.3, 0.4) is 0 Å². The molecule has 1 N–H and O–H groups in total. The highest BCUT2D eigenvalue weighted by Gasteiger charge is 2.37. The second kappa shape index (κ2) is 11.2. The van der Waals surface area contributed by atoms with Crippen molar-refractivity contribution in [2.75, 3.05) is 5.75 Å². The maximum atomic E-state index is 14.8. The maximum absolute atomic E-state index is 14.8. The molecule has 2 heterocycles. The molecule has 5 rings (SSSR count). The van der Waals surface area contributed by atoms with Gasteiger partial charge in [-0.15, -0.1) is 0 Å². The van der Waals surface area contributed by atoms with E-state index in [-0.39, 0.29) is 24.0 Å². The second-order valence-electron chi connectivity index (χ2n) is 8.62. The largest absolute Gasteiger partial charge is 0.273 e. The molecule has 0 aromatic heterocycles. The van der Waals surface area contributed by atoms with Crippen molar-refractivity contribution in [3.8, 4) is 0 Å². The number of aliphatic imine (C=N–C) groups is 1. The summed E-state index contributed by atoms with van der Waals surface area (Å²) in [5, 5.41) is 10.3. The van der Waals surface area contributed by atoms with Crippen LogP contribution in [0.4, 0.5) is 17.6 Å². The van der Waals surface area contributed by atoms with Gasteiger partial charge in [0, 0.05) is 17.7 Å². The van der Waals surface area contributed by atoms with E-state index in [9.17, 15) is 22.4 Å². The van der Waals surface area contributed by atoms with Crippen molar-refractivity contribution in [1.82, 2.24) is 10.4 Å². The average molecular weight is 540 g/mol. The number of thioether (sulfide) groups is 1. The van der Waals surface area contributed by atoms with Crippen LogP contribution < -0.4 is 5.43 Å². The van der Waals surface area contributed by atoms with Gasteiger partial charge in [0.2, 0.25) is 5.91 Å². The molecule has 2 aliphatic rings. The van der Waals surface area contributed by atoms with Gasteiger partial charge in [0.1, 0.15) is 23.3 Å². The van der Waals surface area contributed by atoms with E-state index in [2.05, 4.69) is 20.6 Å².